The Morgan fingerprint density at radius 2 is 2.04 bits per heavy atom. The fourth-order valence-electron chi connectivity index (χ4n) is 2.53. The van der Waals surface area contributed by atoms with Crippen molar-refractivity contribution < 1.29 is 9.90 Å². The maximum atomic E-state index is 12.3. The number of benzene rings is 1. The second kappa shape index (κ2) is 7.86. The highest BCUT2D eigenvalue weighted by Crippen LogP contribution is 2.13. The molecular formula is C18H26N4O2. The van der Waals surface area contributed by atoms with Crippen molar-refractivity contribution in [2.45, 2.75) is 32.7 Å². The molecule has 0 aliphatic heterocycles. The number of rotatable bonds is 6. The van der Waals surface area contributed by atoms with Crippen LogP contribution in [0.4, 0.5) is 4.79 Å². The number of nitrogens with zero attached hydrogens (tertiary/aromatic N) is 3. The maximum Gasteiger partial charge on any atom is 0.317 e. The fourth-order valence-corrected chi connectivity index (χ4v) is 2.53. The number of aromatic hydroxyl groups is 1. The number of carbonyl (C=O) groups excluding carboxylic acids is 1. The molecule has 6 nitrogen and oxygen atoms in total. The number of hydrogen-bond acceptors (Lipinski definition) is 3. The minimum absolute atomic E-state index is 0.0645. The van der Waals surface area contributed by atoms with E-state index in [1.165, 1.54) is 0 Å². The van der Waals surface area contributed by atoms with Crippen LogP contribution in [0.15, 0.2) is 30.5 Å². The van der Waals surface area contributed by atoms with Crippen molar-refractivity contribution in [2.24, 2.45) is 7.05 Å². The van der Waals surface area contributed by atoms with E-state index in [2.05, 4.69) is 10.4 Å². The minimum Gasteiger partial charge on any atom is -0.508 e. The van der Waals surface area contributed by atoms with Crippen LogP contribution in [0.3, 0.4) is 0 Å². The second-order valence-corrected chi connectivity index (χ2v) is 6.19. The number of aryl methyl sites for hydroxylation is 1. The highest BCUT2D eigenvalue weighted by atomic mass is 16.3. The lowest BCUT2D eigenvalue weighted by Gasteiger charge is -2.25. The molecule has 0 saturated carbocycles. The van der Waals surface area contributed by atoms with Crippen LogP contribution in [0, 0.1) is 6.92 Å². The molecule has 1 atom stereocenters. The molecule has 0 fully saturated rings. The van der Waals surface area contributed by atoms with E-state index in [9.17, 15) is 9.90 Å². The topological polar surface area (TPSA) is 70.4 Å². The van der Waals surface area contributed by atoms with Gasteiger partial charge in [0.2, 0.25) is 0 Å². The summed E-state index contributed by atoms with van der Waals surface area (Å²) in [5, 5.41) is 16.5. The number of carbonyl (C=O) groups is 1. The number of nitrogens with one attached hydrogen (secondary N) is 1. The Labute approximate surface area is 143 Å². The summed E-state index contributed by atoms with van der Waals surface area (Å²) in [7, 11) is 3.71. The molecule has 24 heavy (non-hydrogen) atoms. The summed E-state index contributed by atoms with van der Waals surface area (Å²) in [6.07, 6.45) is 3.36. The molecule has 6 heteroatoms. The molecule has 0 spiro atoms. The van der Waals surface area contributed by atoms with Crippen LogP contribution < -0.4 is 5.32 Å². The molecular weight excluding hydrogens is 304 g/mol. The maximum absolute atomic E-state index is 12.3. The summed E-state index contributed by atoms with van der Waals surface area (Å²) in [5.74, 6) is 0.253. The van der Waals surface area contributed by atoms with Gasteiger partial charge in [-0.2, -0.15) is 5.10 Å². The van der Waals surface area contributed by atoms with Gasteiger partial charge in [0.25, 0.3) is 0 Å². The van der Waals surface area contributed by atoms with Crippen LogP contribution in [-0.4, -0.2) is 45.5 Å². The third kappa shape index (κ3) is 4.50. The molecule has 1 heterocycles. The molecule has 1 aromatic heterocycles. The minimum atomic E-state index is -0.0807. The Hall–Kier alpha value is -2.50. The monoisotopic (exact) mass is 330 g/mol. The van der Waals surface area contributed by atoms with E-state index in [1.807, 2.05) is 43.9 Å². The number of hydrogen-bond donors (Lipinski definition) is 2. The Morgan fingerprint density at radius 1 is 1.38 bits per heavy atom. The number of urea groups is 1. The Kier molecular flexibility index (Phi) is 5.84. The average Bonchev–Trinajstić information content (AvgIpc) is 2.88. The highest BCUT2D eigenvalue weighted by molar-refractivity contribution is 5.74. The van der Waals surface area contributed by atoms with Gasteiger partial charge in [-0.15, -0.1) is 0 Å². The van der Waals surface area contributed by atoms with E-state index in [-0.39, 0.29) is 17.8 Å². The molecule has 2 aromatic rings. The predicted molar refractivity (Wildman–Crippen MR) is 94.1 cm³/mol. The van der Waals surface area contributed by atoms with Crippen LogP contribution in [0.5, 0.6) is 5.75 Å². The summed E-state index contributed by atoms with van der Waals surface area (Å²) in [6, 6.07) is 7.07. The molecule has 0 saturated heterocycles. The third-order valence-electron chi connectivity index (χ3n) is 4.46. The van der Waals surface area contributed by atoms with E-state index >= 15 is 0 Å². The number of phenolic OH excluding ortho intramolecular Hbond substituents is 1. The molecule has 2 N–H and O–H groups in total. The van der Waals surface area contributed by atoms with Gasteiger partial charge in [-0.1, -0.05) is 12.1 Å². The third-order valence-corrected chi connectivity index (χ3v) is 4.46. The lowest BCUT2D eigenvalue weighted by Crippen LogP contribution is -2.43. The molecule has 0 unspecified atom stereocenters. The number of amides is 2. The van der Waals surface area contributed by atoms with Gasteiger partial charge in [0.15, 0.2) is 0 Å². The van der Waals surface area contributed by atoms with Crippen molar-refractivity contribution in [2.75, 3.05) is 13.6 Å². The average molecular weight is 330 g/mol. The zero-order valence-corrected chi connectivity index (χ0v) is 14.8. The summed E-state index contributed by atoms with van der Waals surface area (Å²) in [6.45, 7) is 4.62. The summed E-state index contributed by atoms with van der Waals surface area (Å²) >= 11 is 0. The summed E-state index contributed by atoms with van der Waals surface area (Å²) in [4.78, 5) is 14.0. The standard InChI is InChI=1S/C18H26N4O2/c1-13(11-15-5-7-17(23)8-6-15)21(3)18(24)19-10-9-16-12-20-22(4)14(16)2/h5-8,12-13,23H,9-11H2,1-4H3,(H,19,24)/t13-/m1/s1. The van der Waals surface area contributed by atoms with Gasteiger partial charge in [0.05, 0.1) is 6.20 Å². The van der Waals surface area contributed by atoms with Crippen LogP contribution in [0.25, 0.3) is 0 Å². The Bertz CT molecular complexity index is 679. The van der Waals surface area contributed by atoms with E-state index in [0.717, 1.165) is 29.7 Å². The zero-order valence-electron chi connectivity index (χ0n) is 14.8. The summed E-state index contributed by atoms with van der Waals surface area (Å²) in [5.41, 5.74) is 3.36. The second-order valence-electron chi connectivity index (χ2n) is 6.19. The largest absolute Gasteiger partial charge is 0.508 e. The first-order chi connectivity index (χ1) is 11.4. The molecule has 0 aliphatic rings. The predicted octanol–water partition coefficient (Wildman–Crippen LogP) is 2.25. The van der Waals surface area contributed by atoms with E-state index < -0.39 is 0 Å². The SMILES string of the molecule is Cc1c(CCNC(=O)N(C)[C@H](C)Cc2ccc(O)cc2)cnn1C. The number of phenols is 1. The van der Waals surface area contributed by atoms with Crippen LogP contribution >= 0.6 is 0 Å². The van der Waals surface area contributed by atoms with Gasteiger partial charge >= 0.3 is 6.03 Å². The van der Waals surface area contributed by atoms with Gasteiger partial charge in [-0.05, 0) is 49.9 Å². The van der Waals surface area contributed by atoms with Crippen LogP contribution in [0.2, 0.25) is 0 Å². The van der Waals surface area contributed by atoms with Crippen molar-refractivity contribution in [3.05, 3.63) is 47.3 Å². The quantitative estimate of drug-likeness (QED) is 0.853. The van der Waals surface area contributed by atoms with Crippen LogP contribution in [-0.2, 0) is 19.9 Å². The fraction of sp³-hybridized carbons (Fsp3) is 0.444. The van der Waals surface area contributed by atoms with Gasteiger partial charge in [0, 0.05) is 32.4 Å². The Morgan fingerprint density at radius 3 is 2.62 bits per heavy atom. The molecule has 2 rings (SSSR count). The van der Waals surface area contributed by atoms with Crippen molar-refractivity contribution in [3.8, 4) is 5.75 Å². The van der Waals surface area contributed by atoms with Gasteiger partial charge in [0.1, 0.15) is 5.75 Å². The summed E-state index contributed by atoms with van der Waals surface area (Å²) < 4.78 is 1.84. The van der Waals surface area contributed by atoms with Crippen LogP contribution in [0.1, 0.15) is 23.7 Å². The van der Waals surface area contributed by atoms with Gasteiger partial charge in [-0.25, -0.2) is 4.79 Å². The molecule has 0 radical (unpaired) electrons. The number of likely N-dealkylation sites (N-methyl/N-ethyl adjacent to an activating group) is 1. The van der Waals surface area contributed by atoms with Gasteiger partial charge in [-0.3, -0.25) is 4.68 Å². The zero-order chi connectivity index (χ0) is 17.7. The molecule has 0 bridgehead atoms. The molecule has 0 aliphatic carbocycles. The first-order valence-corrected chi connectivity index (χ1v) is 8.14. The normalized spacial score (nSPS) is 12.0. The van der Waals surface area contributed by atoms with Crippen molar-refractivity contribution in [3.63, 3.8) is 0 Å². The van der Waals surface area contributed by atoms with Gasteiger partial charge < -0.3 is 15.3 Å². The molecule has 1 aromatic carbocycles. The first kappa shape index (κ1) is 17.8. The van der Waals surface area contributed by atoms with Crippen molar-refractivity contribution in [1.29, 1.82) is 0 Å². The molecule has 2 amide bonds. The Balaban J connectivity index is 1.80. The van der Waals surface area contributed by atoms with E-state index in [4.69, 9.17) is 0 Å². The van der Waals surface area contributed by atoms with Crippen molar-refractivity contribution in [1.82, 2.24) is 20.0 Å². The lowest BCUT2D eigenvalue weighted by atomic mass is 10.1. The van der Waals surface area contributed by atoms with E-state index in [1.54, 1.807) is 24.1 Å². The van der Waals surface area contributed by atoms with E-state index in [0.29, 0.717) is 6.54 Å². The first-order valence-electron chi connectivity index (χ1n) is 8.14. The lowest BCUT2D eigenvalue weighted by molar-refractivity contribution is 0.194. The van der Waals surface area contributed by atoms with Crippen molar-refractivity contribution >= 4 is 6.03 Å². The smallest absolute Gasteiger partial charge is 0.317 e. The number of aromatic nitrogens is 2. The highest BCUT2D eigenvalue weighted by Gasteiger charge is 2.16. The molecule has 130 valence electrons.